The molecule has 0 N–H and O–H groups in total. The van der Waals surface area contributed by atoms with E-state index in [4.69, 9.17) is 15.0 Å². The minimum Gasteiger partial charge on any atom is -0.208 e. The lowest BCUT2D eigenvalue weighted by molar-refractivity contribution is 0.660. The Kier molecular flexibility index (Phi) is 8.52. The lowest BCUT2D eigenvalue weighted by atomic mass is 9.82. The SMILES string of the molecule is CC1(C)c2ccccc2-c2cc(-c3cccc(-c4nc(-c5ccc(-c6c7ccccc7cc7c6ccc6ccccc67)cc5)nc(-c5ccccc5-c5ccccc5)n4)c3)ccc21. The molecule has 1 heterocycles. The fourth-order valence-corrected chi connectivity index (χ4v) is 9.96. The van der Waals surface area contributed by atoms with Gasteiger partial charge in [-0.1, -0.05) is 208 Å². The van der Waals surface area contributed by atoms with Gasteiger partial charge in [0.15, 0.2) is 17.5 Å². The Morgan fingerprint density at radius 2 is 0.857 bits per heavy atom. The summed E-state index contributed by atoms with van der Waals surface area (Å²) in [6.45, 7) is 4.65. The molecule has 10 aromatic carbocycles. The van der Waals surface area contributed by atoms with E-state index < -0.39 is 0 Å². The maximum atomic E-state index is 5.26. The lowest BCUT2D eigenvalue weighted by Crippen LogP contribution is -2.14. The van der Waals surface area contributed by atoms with Crippen LogP contribution in [0, 0.1) is 0 Å². The van der Waals surface area contributed by atoms with Crippen molar-refractivity contribution in [2.24, 2.45) is 0 Å². The van der Waals surface area contributed by atoms with Gasteiger partial charge in [0.05, 0.1) is 0 Å². The molecule has 3 heteroatoms. The Labute approximate surface area is 367 Å². The summed E-state index contributed by atoms with van der Waals surface area (Å²) in [6, 6.07) is 76.2. The molecule has 1 aliphatic rings. The first-order valence-electron chi connectivity index (χ1n) is 21.7. The molecular weight excluding hydrogens is 763 g/mol. The van der Waals surface area contributed by atoms with Crippen LogP contribution in [0.4, 0.5) is 0 Å². The van der Waals surface area contributed by atoms with Crippen LogP contribution in [0.1, 0.15) is 25.0 Å². The molecule has 0 atom stereocenters. The number of aromatic nitrogens is 3. The van der Waals surface area contributed by atoms with Crippen molar-refractivity contribution in [3.63, 3.8) is 0 Å². The molecular formula is C60H41N3. The van der Waals surface area contributed by atoms with Crippen molar-refractivity contribution < 1.29 is 0 Å². The van der Waals surface area contributed by atoms with Crippen molar-refractivity contribution in [2.75, 3.05) is 0 Å². The van der Waals surface area contributed by atoms with Crippen LogP contribution in [0.3, 0.4) is 0 Å². The van der Waals surface area contributed by atoms with Crippen LogP contribution in [-0.4, -0.2) is 15.0 Å². The quantitative estimate of drug-likeness (QED) is 0.124. The van der Waals surface area contributed by atoms with Crippen molar-refractivity contribution in [2.45, 2.75) is 19.3 Å². The van der Waals surface area contributed by atoms with E-state index in [0.717, 1.165) is 44.5 Å². The topological polar surface area (TPSA) is 38.7 Å². The van der Waals surface area contributed by atoms with Crippen molar-refractivity contribution >= 4 is 32.3 Å². The van der Waals surface area contributed by atoms with Crippen LogP contribution in [0.25, 0.3) is 111 Å². The molecule has 0 fully saturated rings. The Bertz CT molecular complexity index is 3590. The van der Waals surface area contributed by atoms with E-state index in [1.54, 1.807) is 0 Å². The minimum atomic E-state index is -0.0458. The molecule has 12 rings (SSSR count). The van der Waals surface area contributed by atoms with Gasteiger partial charge in [-0.2, -0.15) is 0 Å². The third-order valence-electron chi connectivity index (χ3n) is 13.1. The van der Waals surface area contributed by atoms with E-state index >= 15 is 0 Å². The number of fused-ring (bicyclic) bond motifs is 7. The standard InChI is InChI=1S/C60H41N3/c1-60(2)54-26-13-12-24-49(54)53-36-43(32-34-55(53)60)42-19-14-20-45(35-42)58-61-57(62-59(63-58)51-25-11-10-21-46(51)38-15-4-3-5-16-38)41-29-27-40(28-30-41)56-48-23-9-7-18-44(48)37-52-47-22-8-6-17-39(47)31-33-50(52)56/h3-37H,1-2H3. The van der Waals surface area contributed by atoms with Crippen molar-refractivity contribution in [1.82, 2.24) is 15.0 Å². The third kappa shape index (κ3) is 6.15. The normalized spacial score (nSPS) is 12.7. The second-order valence-electron chi connectivity index (χ2n) is 17.2. The number of rotatable bonds is 6. The zero-order valence-electron chi connectivity index (χ0n) is 35.0. The zero-order chi connectivity index (χ0) is 42.1. The van der Waals surface area contributed by atoms with Crippen molar-refractivity contribution in [1.29, 1.82) is 0 Å². The fraction of sp³-hybridized carbons (Fsp3) is 0.0500. The highest BCUT2D eigenvalue weighted by Gasteiger charge is 2.35. The summed E-state index contributed by atoms with van der Waals surface area (Å²) < 4.78 is 0. The van der Waals surface area contributed by atoms with Crippen molar-refractivity contribution in [3.8, 4) is 78.7 Å². The van der Waals surface area contributed by atoms with E-state index in [1.165, 1.54) is 60.1 Å². The molecule has 0 saturated heterocycles. The summed E-state index contributed by atoms with van der Waals surface area (Å²) in [5.41, 5.74) is 14.9. The van der Waals surface area contributed by atoms with Gasteiger partial charge in [0.1, 0.15) is 0 Å². The van der Waals surface area contributed by atoms with E-state index in [1.807, 2.05) is 6.07 Å². The van der Waals surface area contributed by atoms with E-state index in [2.05, 4.69) is 220 Å². The first-order valence-corrected chi connectivity index (χ1v) is 21.7. The van der Waals surface area contributed by atoms with E-state index in [9.17, 15) is 0 Å². The van der Waals surface area contributed by atoms with Crippen LogP contribution < -0.4 is 0 Å². The van der Waals surface area contributed by atoms with Gasteiger partial charge in [-0.05, 0) is 106 Å². The number of hydrogen-bond acceptors (Lipinski definition) is 3. The van der Waals surface area contributed by atoms with Gasteiger partial charge in [0.25, 0.3) is 0 Å². The highest BCUT2D eigenvalue weighted by Crippen LogP contribution is 2.49. The molecule has 1 aliphatic carbocycles. The van der Waals surface area contributed by atoms with Gasteiger partial charge in [-0.25, -0.2) is 15.0 Å². The van der Waals surface area contributed by atoms with E-state index in [-0.39, 0.29) is 5.41 Å². The van der Waals surface area contributed by atoms with Crippen molar-refractivity contribution in [3.05, 3.63) is 223 Å². The first-order chi connectivity index (χ1) is 31.0. The lowest BCUT2D eigenvalue weighted by Gasteiger charge is -2.21. The summed E-state index contributed by atoms with van der Waals surface area (Å²) in [7, 11) is 0. The summed E-state index contributed by atoms with van der Waals surface area (Å²) in [5, 5.41) is 7.44. The van der Waals surface area contributed by atoms with Crippen LogP contribution in [0.15, 0.2) is 212 Å². The minimum absolute atomic E-state index is 0.0458. The number of nitrogens with zero attached hydrogens (tertiary/aromatic N) is 3. The predicted molar refractivity (Wildman–Crippen MR) is 263 cm³/mol. The second-order valence-corrected chi connectivity index (χ2v) is 17.2. The molecule has 0 radical (unpaired) electrons. The highest BCUT2D eigenvalue weighted by atomic mass is 15.0. The molecule has 0 saturated carbocycles. The van der Waals surface area contributed by atoms with Gasteiger partial charge in [0, 0.05) is 22.1 Å². The maximum absolute atomic E-state index is 5.26. The monoisotopic (exact) mass is 803 g/mol. The van der Waals surface area contributed by atoms with Crippen LogP contribution in [0.5, 0.6) is 0 Å². The Morgan fingerprint density at radius 1 is 0.286 bits per heavy atom. The second kappa shape index (κ2) is 14.6. The molecule has 63 heavy (non-hydrogen) atoms. The molecule has 11 aromatic rings. The molecule has 0 aliphatic heterocycles. The van der Waals surface area contributed by atoms with Crippen LogP contribution in [-0.2, 0) is 5.41 Å². The van der Waals surface area contributed by atoms with Gasteiger partial charge < -0.3 is 0 Å². The molecule has 0 amide bonds. The van der Waals surface area contributed by atoms with Crippen LogP contribution in [0.2, 0.25) is 0 Å². The van der Waals surface area contributed by atoms with Gasteiger partial charge in [-0.3, -0.25) is 0 Å². The molecule has 3 nitrogen and oxygen atoms in total. The number of hydrogen-bond donors (Lipinski definition) is 0. The average molecular weight is 804 g/mol. The fourth-order valence-electron chi connectivity index (χ4n) is 9.96. The van der Waals surface area contributed by atoms with Gasteiger partial charge in [0.2, 0.25) is 0 Å². The summed E-state index contributed by atoms with van der Waals surface area (Å²) in [6.07, 6.45) is 0. The molecule has 0 bridgehead atoms. The Balaban J connectivity index is 1.00. The summed E-state index contributed by atoms with van der Waals surface area (Å²) in [4.78, 5) is 15.8. The predicted octanol–water partition coefficient (Wildman–Crippen LogP) is 15.6. The largest absolute Gasteiger partial charge is 0.208 e. The van der Waals surface area contributed by atoms with E-state index in [0.29, 0.717) is 17.5 Å². The first kappa shape index (κ1) is 36.8. The zero-order valence-corrected chi connectivity index (χ0v) is 35.0. The third-order valence-corrected chi connectivity index (χ3v) is 13.1. The maximum Gasteiger partial charge on any atom is 0.164 e. The summed E-state index contributed by atoms with van der Waals surface area (Å²) >= 11 is 0. The van der Waals surface area contributed by atoms with Gasteiger partial charge in [-0.15, -0.1) is 0 Å². The molecule has 0 unspecified atom stereocenters. The molecule has 1 aromatic heterocycles. The highest BCUT2D eigenvalue weighted by molar-refractivity contribution is 6.20. The Hall–Kier alpha value is -8.01. The molecule has 0 spiro atoms. The summed E-state index contributed by atoms with van der Waals surface area (Å²) in [5.74, 6) is 1.88. The number of benzene rings is 10. The smallest absolute Gasteiger partial charge is 0.164 e. The van der Waals surface area contributed by atoms with Crippen LogP contribution >= 0.6 is 0 Å². The van der Waals surface area contributed by atoms with Gasteiger partial charge >= 0.3 is 0 Å². The Morgan fingerprint density at radius 3 is 1.68 bits per heavy atom. The molecule has 296 valence electrons. The average Bonchev–Trinajstić information content (AvgIpc) is 3.58.